The van der Waals surface area contributed by atoms with Gasteiger partial charge in [-0.2, -0.15) is 5.10 Å². The lowest BCUT2D eigenvalue weighted by Crippen LogP contribution is -2.00. The molecule has 3 aromatic heterocycles. The fourth-order valence-corrected chi connectivity index (χ4v) is 2.86. The Hall–Kier alpha value is -1.75. The smallest absolute Gasteiger partial charge is 0.165 e. The average molecular weight is 244 g/mol. The van der Waals surface area contributed by atoms with Crippen molar-refractivity contribution < 1.29 is 0 Å². The van der Waals surface area contributed by atoms with Gasteiger partial charge in [0.15, 0.2) is 5.82 Å². The zero-order valence-electron chi connectivity index (χ0n) is 9.93. The van der Waals surface area contributed by atoms with Crippen molar-refractivity contribution in [2.45, 2.75) is 20.8 Å². The quantitative estimate of drug-likeness (QED) is 0.661. The number of fused-ring (bicyclic) bond motifs is 1. The fourth-order valence-electron chi connectivity index (χ4n) is 1.87. The molecule has 0 atom stereocenters. The van der Waals surface area contributed by atoms with E-state index in [1.165, 1.54) is 10.4 Å². The molecule has 0 aliphatic heterocycles. The lowest BCUT2D eigenvalue weighted by Gasteiger charge is -2.02. The molecule has 0 spiro atoms. The van der Waals surface area contributed by atoms with Gasteiger partial charge in [0.2, 0.25) is 0 Å². The lowest BCUT2D eigenvalue weighted by molar-refractivity contribution is 0.836. The number of hydrogen-bond donors (Lipinski definition) is 0. The van der Waals surface area contributed by atoms with Gasteiger partial charge in [-0.05, 0) is 32.4 Å². The van der Waals surface area contributed by atoms with E-state index >= 15 is 0 Å². The Balaban J connectivity index is 2.36. The van der Waals surface area contributed by atoms with Crippen molar-refractivity contribution in [3.05, 3.63) is 34.7 Å². The van der Waals surface area contributed by atoms with Crippen LogP contribution in [0.1, 0.15) is 16.1 Å². The van der Waals surface area contributed by atoms with Crippen LogP contribution in [0, 0.1) is 20.8 Å². The van der Waals surface area contributed by atoms with Crippen LogP contribution in [0.2, 0.25) is 0 Å². The summed E-state index contributed by atoms with van der Waals surface area (Å²) in [7, 11) is 0. The van der Waals surface area contributed by atoms with E-state index in [-0.39, 0.29) is 0 Å². The van der Waals surface area contributed by atoms with Crippen LogP contribution in [-0.4, -0.2) is 19.7 Å². The van der Waals surface area contributed by atoms with Crippen molar-refractivity contribution in [1.29, 1.82) is 0 Å². The largest absolute Gasteiger partial charge is 0.225 e. The highest BCUT2D eigenvalue weighted by Crippen LogP contribution is 2.31. The molecule has 0 aliphatic carbocycles. The SMILES string of the molecule is Cc1ccn(-c2ncnc3sc(C)c(C)c23)n1. The number of nitrogens with zero attached hydrogens (tertiary/aromatic N) is 4. The monoisotopic (exact) mass is 244 g/mol. The van der Waals surface area contributed by atoms with Gasteiger partial charge in [0.1, 0.15) is 11.2 Å². The van der Waals surface area contributed by atoms with Gasteiger partial charge in [0.05, 0.1) is 11.1 Å². The number of aromatic nitrogens is 4. The van der Waals surface area contributed by atoms with E-state index in [1.807, 2.05) is 23.9 Å². The maximum absolute atomic E-state index is 4.41. The second kappa shape index (κ2) is 3.63. The molecule has 0 unspecified atom stereocenters. The first-order valence-corrected chi connectivity index (χ1v) is 6.22. The Labute approximate surface area is 103 Å². The number of hydrogen-bond acceptors (Lipinski definition) is 4. The zero-order valence-corrected chi connectivity index (χ0v) is 10.7. The van der Waals surface area contributed by atoms with Crippen molar-refractivity contribution in [2.75, 3.05) is 0 Å². The molecule has 0 aliphatic rings. The molecule has 0 saturated heterocycles. The van der Waals surface area contributed by atoms with Crippen LogP contribution in [0.15, 0.2) is 18.6 Å². The predicted molar refractivity (Wildman–Crippen MR) is 68.7 cm³/mol. The van der Waals surface area contributed by atoms with Crippen LogP contribution in [0.5, 0.6) is 0 Å². The van der Waals surface area contributed by atoms with Gasteiger partial charge in [-0.1, -0.05) is 0 Å². The van der Waals surface area contributed by atoms with Crippen LogP contribution in [0.25, 0.3) is 16.0 Å². The molecule has 0 fully saturated rings. The molecule has 0 radical (unpaired) electrons. The van der Waals surface area contributed by atoms with Crippen molar-refractivity contribution in [1.82, 2.24) is 19.7 Å². The summed E-state index contributed by atoms with van der Waals surface area (Å²) in [5.74, 6) is 0.866. The number of rotatable bonds is 1. The summed E-state index contributed by atoms with van der Waals surface area (Å²) in [4.78, 5) is 11.0. The summed E-state index contributed by atoms with van der Waals surface area (Å²) in [5, 5.41) is 5.52. The second-order valence-corrected chi connectivity index (χ2v) is 5.27. The minimum Gasteiger partial charge on any atom is -0.225 e. The third-order valence-electron chi connectivity index (χ3n) is 2.88. The first kappa shape index (κ1) is 10.4. The van der Waals surface area contributed by atoms with Gasteiger partial charge in [-0.3, -0.25) is 0 Å². The van der Waals surface area contributed by atoms with Crippen LogP contribution in [0.4, 0.5) is 0 Å². The predicted octanol–water partition coefficient (Wildman–Crippen LogP) is 2.80. The third kappa shape index (κ3) is 1.54. The highest BCUT2D eigenvalue weighted by atomic mass is 32.1. The molecule has 17 heavy (non-hydrogen) atoms. The molecule has 4 nitrogen and oxygen atoms in total. The van der Waals surface area contributed by atoms with Gasteiger partial charge >= 0.3 is 0 Å². The molecule has 3 heterocycles. The van der Waals surface area contributed by atoms with E-state index in [4.69, 9.17) is 0 Å². The Bertz CT molecular complexity index is 696. The summed E-state index contributed by atoms with van der Waals surface area (Å²) >= 11 is 1.70. The minimum atomic E-state index is 0.866. The standard InChI is InChI=1S/C12H12N4S/c1-7-4-5-16(15-7)11-10-8(2)9(3)17-12(10)14-6-13-11/h4-6H,1-3H3. The molecule has 3 aromatic rings. The first-order chi connectivity index (χ1) is 8.16. The third-order valence-corrected chi connectivity index (χ3v) is 4.00. The van der Waals surface area contributed by atoms with E-state index in [0.717, 1.165) is 21.7 Å². The summed E-state index contributed by atoms with van der Waals surface area (Å²) in [6.07, 6.45) is 3.54. The maximum Gasteiger partial charge on any atom is 0.165 e. The van der Waals surface area contributed by atoms with Crippen LogP contribution >= 0.6 is 11.3 Å². The van der Waals surface area contributed by atoms with Gasteiger partial charge in [-0.15, -0.1) is 11.3 Å². The molecule has 5 heteroatoms. The van der Waals surface area contributed by atoms with Gasteiger partial charge in [0, 0.05) is 11.1 Å². The molecule has 3 rings (SSSR count). The van der Waals surface area contributed by atoms with Gasteiger partial charge in [0.25, 0.3) is 0 Å². The summed E-state index contributed by atoms with van der Waals surface area (Å²) in [6.45, 7) is 6.19. The molecule has 0 amide bonds. The van der Waals surface area contributed by atoms with Gasteiger partial charge < -0.3 is 0 Å². The van der Waals surface area contributed by atoms with E-state index in [0.29, 0.717) is 0 Å². The molecular formula is C12H12N4S. The van der Waals surface area contributed by atoms with E-state index < -0.39 is 0 Å². The van der Waals surface area contributed by atoms with Crippen LogP contribution in [0.3, 0.4) is 0 Å². The Kier molecular flexibility index (Phi) is 2.22. The average Bonchev–Trinajstić information content (AvgIpc) is 2.85. The molecular weight excluding hydrogens is 232 g/mol. The summed E-state index contributed by atoms with van der Waals surface area (Å²) in [6, 6.07) is 1.97. The van der Waals surface area contributed by atoms with E-state index in [2.05, 4.69) is 28.9 Å². The van der Waals surface area contributed by atoms with Crippen LogP contribution < -0.4 is 0 Å². The summed E-state index contributed by atoms with van der Waals surface area (Å²) in [5.41, 5.74) is 2.23. The topological polar surface area (TPSA) is 43.6 Å². The van der Waals surface area contributed by atoms with Gasteiger partial charge in [-0.25, -0.2) is 14.6 Å². The second-order valence-electron chi connectivity index (χ2n) is 4.06. The minimum absolute atomic E-state index is 0.866. The first-order valence-electron chi connectivity index (χ1n) is 5.40. The van der Waals surface area contributed by atoms with E-state index in [9.17, 15) is 0 Å². The fraction of sp³-hybridized carbons (Fsp3) is 0.250. The number of aryl methyl sites for hydroxylation is 3. The maximum atomic E-state index is 4.41. The Morgan fingerprint density at radius 2 is 2.00 bits per heavy atom. The van der Waals surface area contributed by atoms with Crippen molar-refractivity contribution in [3.8, 4) is 5.82 Å². The van der Waals surface area contributed by atoms with Crippen LogP contribution in [-0.2, 0) is 0 Å². The molecule has 86 valence electrons. The normalized spacial score (nSPS) is 11.2. The van der Waals surface area contributed by atoms with E-state index in [1.54, 1.807) is 17.7 Å². The number of thiophene rings is 1. The molecule has 0 saturated carbocycles. The van der Waals surface area contributed by atoms with Crippen molar-refractivity contribution >= 4 is 21.6 Å². The Morgan fingerprint density at radius 1 is 1.18 bits per heavy atom. The molecule has 0 aromatic carbocycles. The Morgan fingerprint density at radius 3 is 2.71 bits per heavy atom. The van der Waals surface area contributed by atoms with Crippen molar-refractivity contribution in [2.24, 2.45) is 0 Å². The zero-order chi connectivity index (χ0) is 12.0. The van der Waals surface area contributed by atoms with Crippen molar-refractivity contribution in [3.63, 3.8) is 0 Å². The molecule has 0 N–H and O–H groups in total. The molecule has 0 bridgehead atoms. The lowest BCUT2D eigenvalue weighted by atomic mass is 10.2. The highest BCUT2D eigenvalue weighted by molar-refractivity contribution is 7.18. The summed E-state index contributed by atoms with van der Waals surface area (Å²) < 4.78 is 1.82. The highest BCUT2D eigenvalue weighted by Gasteiger charge is 2.13.